The smallest absolute Gasteiger partial charge is 0.222 e. The first-order chi connectivity index (χ1) is 31.6. The van der Waals surface area contributed by atoms with Crippen molar-refractivity contribution in [3.8, 4) is 0 Å². The lowest BCUT2D eigenvalue weighted by Gasteiger charge is -2.61. The molecule has 18 nitrogen and oxygen atoms in total. The highest BCUT2D eigenvalue weighted by atomic mass is 16.8. The Morgan fingerprint density at radius 2 is 1.40 bits per heavy atom. The van der Waals surface area contributed by atoms with Gasteiger partial charge in [-0.05, 0) is 117 Å². The van der Waals surface area contributed by atoms with Crippen LogP contribution in [0, 0.1) is 58.2 Å². The summed E-state index contributed by atoms with van der Waals surface area (Å²) in [5, 5.41) is 100. The topological polar surface area (TPSA) is 284 Å². The van der Waals surface area contributed by atoms with Crippen LogP contribution in [-0.2, 0) is 38.0 Å². The number of carbonyl (C=O) groups is 2. The molecule has 3 heterocycles. The van der Waals surface area contributed by atoms with Crippen LogP contribution in [0.3, 0.4) is 0 Å². The minimum atomic E-state index is -1.73. The molecular formula is C49H83NO17. The van der Waals surface area contributed by atoms with Gasteiger partial charge in [-0.15, -0.1) is 0 Å². The Morgan fingerprint density at radius 3 is 2.10 bits per heavy atom. The zero-order chi connectivity index (χ0) is 48.9. The molecule has 67 heavy (non-hydrogen) atoms. The van der Waals surface area contributed by atoms with Crippen molar-refractivity contribution in [2.24, 2.45) is 58.2 Å². The molecule has 26 unspecified atom stereocenters. The molecule has 4 aliphatic carbocycles. The van der Waals surface area contributed by atoms with Crippen molar-refractivity contribution in [2.45, 2.75) is 217 Å². The Morgan fingerprint density at radius 1 is 0.731 bits per heavy atom. The molecule has 4 saturated carbocycles. The summed E-state index contributed by atoms with van der Waals surface area (Å²) in [6.07, 6.45) is -12.8. The van der Waals surface area contributed by atoms with Crippen molar-refractivity contribution < 1.29 is 84.0 Å². The van der Waals surface area contributed by atoms with Gasteiger partial charge in [-0.1, -0.05) is 41.5 Å². The van der Waals surface area contributed by atoms with Crippen LogP contribution in [0.5, 0.6) is 0 Å². The van der Waals surface area contributed by atoms with Gasteiger partial charge in [0.25, 0.3) is 0 Å². The molecule has 0 aromatic carbocycles. The van der Waals surface area contributed by atoms with Crippen LogP contribution in [0.2, 0.25) is 0 Å². The van der Waals surface area contributed by atoms with E-state index in [9.17, 15) is 55.5 Å². The first-order valence-corrected chi connectivity index (χ1v) is 25.4. The van der Waals surface area contributed by atoms with Gasteiger partial charge in [-0.2, -0.15) is 0 Å². The maximum atomic E-state index is 13.8. The van der Waals surface area contributed by atoms with E-state index in [-0.39, 0.29) is 52.3 Å². The summed E-state index contributed by atoms with van der Waals surface area (Å²) in [6, 6.07) is 0. The Bertz CT molecular complexity index is 1660. The summed E-state index contributed by atoms with van der Waals surface area (Å²) in [6.45, 7) is 13.7. The summed E-state index contributed by atoms with van der Waals surface area (Å²) in [7, 11) is 0. The van der Waals surface area contributed by atoms with Crippen LogP contribution in [0.1, 0.15) is 119 Å². The second-order valence-corrected chi connectivity index (χ2v) is 22.4. The van der Waals surface area contributed by atoms with E-state index in [1.54, 1.807) is 0 Å². The van der Waals surface area contributed by atoms with E-state index in [1.165, 1.54) is 6.92 Å². The van der Waals surface area contributed by atoms with Crippen molar-refractivity contribution >= 4 is 11.7 Å². The van der Waals surface area contributed by atoms with Crippen molar-refractivity contribution in [3.05, 3.63) is 0 Å². The number of hydrogen-bond donors (Lipinski definition) is 10. The highest BCUT2D eigenvalue weighted by Gasteiger charge is 2.64. The van der Waals surface area contributed by atoms with E-state index >= 15 is 0 Å². The lowest BCUT2D eigenvalue weighted by molar-refractivity contribution is -0.383. The molecule has 3 aliphatic heterocycles. The van der Waals surface area contributed by atoms with Crippen molar-refractivity contribution in [3.63, 3.8) is 0 Å². The molecular weight excluding hydrogens is 875 g/mol. The molecule has 386 valence electrons. The highest BCUT2D eigenvalue weighted by Crippen LogP contribution is 2.68. The van der Waals surface area contributed by atoms with Gasteiger partial charge in [0.1, 0.15) is 66.8 Å². The van der Waals surface area contributed by atoms with E-state index in [4.69, 9.17) is 28.4 Å². The van der Waals surface area contributed by atoms with Gasteiger partial charge in [-0.25, -0.2) is 0 Å². The minimum absolute atomic E-state index is 0.0255. The molecule has 26 atom stereocenters. The third kappa shape index (κ3) is 10.6. The second kappa shape index (κ2) is 21.7. The number of Topliss-reactive ketones (excluding diaryl/α,β-unsaturated/α-hetero) is 1. The maximum Gasteiger partial charge on any atom is 0.222 e. The molecule has 10 N–H and O–H groups in total. The zero-order valence-corrected chi connectivity index (χ0v) is 40.5. The molecule has 0 aromatic rings. The number of hydrogen-bond acceptors (Lipinski definition) is 17. The number of aliphatic hydroxyl groups excluding tert-OH is 9. The van der Waals surface area contributed by atoms with Gasteiger partial charge < -0.3 is 79.7 Å². The fourth-order valence-corrected chi connectivity index (χ4v) is 13.8. The quantitative estimate of drug-likeness (QED) is 0.0963. The van der Waals surface area contributed by atoms with Gasteiger partial charge in [0.2, 0.25) is 5.91 Å². The fourth-order valence-electron chi connectivity index (χ4n) is 13.8. The third-order valence-electron chi connectivity index (χ3n) is 18.3. The average molecular weight is 958 g/mol. The summed E-state index contributed by atoms with van der Waals surface area (Å²) < 4.78 is 35.5. The molecule has 3 saturated heterocycles. The van der Waals surface area contributed by atoms with Crippen LogP contribution < -0.4 is 5.32 Å². The van der Waals surface area contributed by atoms with E-state index in [2.05, 4.69) is 26.1 Å². The first kappa shape index (κ1) is 53.3. The Kier molecular flexibility index (Phi) is 17.3. The number of aliphatic hydroxyl groups is 9. The molecule has 7 rings (SSSR count). The number of carbonyl (C=O) groups excluding carboxylic acids is 2. The molecule has 1 amide bonds. The van der Waals surface area contributed by atoms with E-state index in [0.717, 1.165) is 44.9 Å². The number of rotatable bonds is 16. The highest BCUT2D eigenvalue weighted by molar-refractivity contribution is 5.81. The van der Waals surface area contributed by atoms with Gasteiger partial charge in [-0.3, -0.25) is 9.59 Å². The van der Waals surface area contributed by atoms with Crippen LogP contribution >= 0.6 is 0 Å². The van der Waals surface area contributed by atoms with E-state index < -0.39 is 105 Å². The Balaban J connectivity index is 0.938. The largest absolute Gasteiger partial charge is 0.394 e. The van der Waals surface area contributed by atoms with Gasteiger partial charge in [0, 0.05) is 24.8 Å². The predicted molar refractivity (Wildman–Crippen MR) is 238 cm³/mol. The van der Waals surface area contributed by atoms with Crippen molar-refractivity contribution in [1.29, 1.82) is 0 Å². The lowest BCUT2D eigenvalue weighted by Crippen LogP contribution is -2.66. The number of amides is 1. The maximum absolute atomic E-state index is 13.8. The van der Waals surface area contributed by atoms with Crippen molar-refractivity contribution in [1.82, 2.24) is 5.32 Å². The number of ether oxygens (including phenoxy) is 6. The van der Waals surface area contributed by atoms with E-state index in [1.807, 2.05) is 20.8 Å². The lowest BCUT2D eigenvalue weighted by atomic mass is 9.44. The molecule has 7 aliphatic rings. The molecule has 7 fully saturated rings. The SMILES string of the molecule is CCC(C)C(=O)NCC(C)CCC(=O)C(C)C1C(O)CC2C3CCC4CC(OC5OC(CO)C(OC6OC(C)C(O)C(O)C6OC6OCC(O)C(O)C6O)C(O)C5O)CCC4(C)C3CCC21C. The second-order valence-electron chi connectivity index (χ2n) is 22.4. The molecule has 18 heteroatoms. The summed E-state index contributed by atoms with van der Waals surface area (Å²) in [5.41, 5.74) is -0.121. The van der Waals surface area contributed by atoms with Crippen LogP contribution in [-0.4, -0.2) is 176 Å². The number of ketones is 1. The Labute approximate surface area is 395 Å². The van der Waals surface area contributed by atoms with Crippen LogP contribution in [0.4, 0.5) is 0 Å². The van der Waals surface area contributed by atoms with Gasteiger partial charge in [0.15, 0.2) is 18.9 Å². The molecule has 0 aromatic heterocycles. The van der Waals surface area contributed by atoms with E-state index in [0.29, 0.717) is 55.9 Å². The number of fused-ring (bicyclic) bond motifs is 5. The zero-order valence-electron chi connectivity index (χ0n) is 40.5. The predicted octanol–water partition coefficient (Wildman–Crippen LogP) is 0.900. The van der Waals surface area contributed by atoms with Gasteiger partial charge in [0.05, 0.1) is 31.5 Å². The summed E-state index contributed by atoms with van der Waals surface area (Å²) in [4.78, 5) is 26.1. The fraction of sp³-hybridized carbons (Fsp3) is 0.959. The van der Waals surface area contributed by atoms with Crippen molar-refractivity contribution in [2.75, 3.05) is 19.8 Å². The van der Waals surface area contributed by atoms with Gasteiger partial charge >= 0.3 is 0 Å². The first-order valence-electron chi connectivity index (χ1n) is 25.4. The molecule has 0 spiro atoms. The molecule has 0 bridgehead atoms. The summed E-state index contributed by atoms with van der Waals surface area (Å²) >= 11 is 0. The third-order valence-corrected chi connectivity index (χ3v) is 18.3. The minimum Gasteiger partial charge on any atom is -0.394 e. The average Bonchev–Trinajstić information content (AvgIpc) is 3.58. The standard InChI is InChI=1S/C49H83NO17/c1-8-23(3)44(61)50-19-22(2)9-12-31(52)24(4)35-32(53)18-30-28-11-10-26-17-27(13-15-48(26,6)29(28)14-16-49(30,35)7)64-46-41(60)39(58)42(34(20-51)65-46)66-47-43(38(57)36(55)25(5)63-47)67-45-40(59)37(56)33(54)21-62-45/h22-30,32-43,45-47,51,53-60H,8-21H2,1-7H3,(H,50,61). The molecule has 0 radical (unpaired) electrons. The normalized spacial score (nSPS) is 49.2. The Hall–Kier alpha value is -1.46. The van der Waals surface area contributed by atoms with Crippen LogP contribution in [0.15, 0.2) is 0 Å². The monoisotopic (exact) mass is 958 g/mol. The number of nitrogens with one attached hydrogen (secondary N) is 1. The van der Waals surface area contributed by atoms with Crippen LogP contribution in [0.25, 0.3) is 0 Å². The summed E-state index contributed by atoms with van der Waals surface area (Å²) in [5.74, 6) is 1.54.